The highest BCUT2D eigenvalue weighted by molar-refractivity contribution is 6.00. The third-order valence-corrected chi connectivity index (χ3v) is 6.43. The Morgan fingerprint density at radius 3 is 2.44 bits per heavy atom. The molecule has 2 N–H and O–H groups in total. The molecule has 0 atom stereocenters. The van der Waals surface area contributed by atoms with Crippen molar-refractivity contribution >= 4 is 33.4 Å². The Labute approximate surface area is 196 Å². The van der Waals surface area contributed by atoms with E-state index in [9.17, 15) is 14.0 Å². The topological polar surface area (TPSA) is 74.4 Å². The minimum Gasteiger partial charge on any atom is -0.378 e. The fraction of sp³-hybridized carbons (Fsp3) is 0.259. The molecule has 6 nitrogen and oxygen atoms in total. The molecule has 0 aliphatic carbocycles. The number of morpholine rings is 1. The van der Waals surface area contributed by atoms with Crippen LogP contribution in [0.2, 0.25) is 0 Å². The number of para-hydroxylation sites is 1. The van der Waals surface area contributed by atoms with Crippen molar-refractivity contribution < 1.29 is 13.9 Å². The van der Waals surface area contributed by atoms with E-state index in [4.69, 9.17) is 4.74 Å². The van der Waals surface area contributed by atoms with Crippen molar-refractivity contribution in [2.45, 2.75) is 19.4 Å². The second-order valence-corrected chi connectivity index (χ2v) is 9.10. The number of nitrogens with one attached hydrogen (secondary N) is 2. The van der Waals surface area contributed by atoms with Gasteiger partial charge in [-0.25, -0.2) is 4.39 Å². The number of hydrogen-bond acceptors (Lipinski definition) is 4. The van der Waals surface area contributed by atoms with Crippen LogP contribution in [0.1, 0.15) is 29.8 Å². The van der Waals surface area contributed by atoms with Crippen molar-refractivity contribution in [3.8, 4) is 0 Å². The number of halogens is 1. The van der Waals surface area contributed by atoms with Gasteiger partial charge in [-0.15, -0.1) is 0 Å². The van der Waals surface area contributed by atoms with Crippen LogP contribution in [-0.2, 0) is 10.3 Å². The summed E-state index contributed by atoms with van der Waals surface area (Å²) < 4.78 is 20.4. The first kappa shape index (κ1) is 22.1. The van der Waals surface area contributed by atoms with E-state index in [2.05, 4.69) is 15.2 Å². The number of ether oxygens (including phenoxy) is 1. The molecule has 0 bridgehead atoms. The first-order chi connectivity index (χ1) is 16.3. The highest BCUT2D eigenvalue weighted by Gasteiger charge is 2.26. The number of nitrogens with zero attached hydrogens (tertiary/aromatic N) is 1. The number of carbonyl (C=O) groups is 1. The molecule has 0 unspecified atom stereocenters. The number of aromatic amines is 1. The Morgan fingerprint density at radius 2 is 1.71 bits per heavy atom. The highest BCUT2D eigenvalue weighted by Crippen LogP contribution is 2.26. The molecule has 2 heterocycles. The molecule has 5 rings (SSSR count). The van der Waals surface area contributed by atoms with E-state index in [1.54, 1.807) is 18.2 Å². The summed E-state index contributed by atoms with van der Waals surface area (Å²) in [5.74, 6) is -1.28. The molecule has 0 saturated carbocycles. The molecule has 34 heavy (non-hydrogen) atoms. The predicted molar refractivity (Wildman–Crippen MR) is 132 cm³/mol. The van der Waals surface area contributed by atoms with Crippen molar-refractivity contribution in [2.75, 3.05) is 31.2 Å². The molecule has 7 heteroatoms. The van der Waals surface area contributed by atoms with Gasteiger partial charge in [-0.2, -0.15) is 0 Å². The molecule has 1 aromatic heterocycles. The highest BCUT2D eigenvalue weighted by atomic mass is 19.1. The van der Waals surface area contributed by atoms with E-state index in [0.717, 1.165) is 30.4 Å². The van der Waals surface area contributed by atoms with Crippen LogP contribution in [0.25, 0.3) is 21.8 Å². The van der Waals surface area contributed by atoms with Crippen molar-refractivity contribution in [1.29, 1.82) is 0 Å². The maximum atomic E-state index is 15.0. The van der Waals surface area contributed by atoms with Crippen LogP contribution in [0.15, 0.2) is 65.5 Å². The number of carbonyl (C=O) groups excluding carboxylic acids is 1. The molecule has 0 spiro atoms. The van der Waals surface area contributed by atoms with E-state index in [1.165, 1.54) is 6.07 Å². The Hall–Kier alpha value is -3.71. The van der Waals surface area contributed by atoms with Gasteiger partial charge in [-0.05, 0) is 55.8 Å². The third-order valence-electron chi connectivity index (χ3n) is 6.43. The van der Waals surface area contributed by atoms with E-state index in [-0.39, 0.29) is 16.4 Å². The van der Waals surface area contributed by atoms with Crippen molar-refractivity contribution in [1.82, 2.24) is 10.3 Å². The van der Waals surface area contributed by atoms with Crippen LogP contribution in [-0.4, -0.2) is 37.2 Å². The van der Waals surface area contributed by atoms with Crippen LogP contribution in [0.3, 0.4) is 0 Å². The average molecular weight is 460 g/mol. The predicted octanol–water partition coefficient (Wildman–Crippen LogP) is 4.32. The smallest absolute Gasteiger partial charge is 0.255 e. The zero-order valence-corrected chi connectivity index (χ0v) is 19.2. The van der Waals surface area contributed by atoms with Gasteiger partial charge in [-0.3, -0.25) is 9.59 Å². The number of anilines is 1. The summed E-state index contributed by atoms with van der Waals surface area (Å²) in [6.45, 7) is 6.87. The minimum absolute atomic E-state index is 0.114. The van der Waals surface area contributed by atoms with Crippen molar-refractivity contribution in [3.05, 3.63) is 87.8 Å². The number of benzene rings is 3. The summed E-state index contributed by atoms with van der Waals surface area (Å²) in [5.41, 5.74) is 1.94. The maximum Gasteiger partial charge on any atom is 0.255 e. The molecular weight excluding hydrogens is 433 g/mol. The number of aromatic nitrogens is 1. The number of fused-ring (bicyclic) bond motifs is 2. The van der Waals surface area contributed by atoms with Gasteiger partial charge in [0, 0.05) is 35.1 Å². The standard InChI is InChI=1S/C27H26FN3O3/c1-27(2,17-7-9-18(10-8-17)31-11-13-34-14-12-31)30-26(33)20-16-24-21(15-22(20)28)25(32)19-5-3-4-6-23(19)29-24/h3-10,15-16H,11-14H2,1-2H3,(H,29,32)(H,30,33). The first-order valence-electron chi connectivity index (χ1n) is 11.3. The molecule has 174 valence electrons. The maximum absolute atomic E-state index is 15.0. The summed E-state index contributed by atoms with van der Waals surface area (Å²) in [5, 5.41) is 3.63. The lowest BCUT2D eigenvalue weighted by Gasteiger charge is -2.31. The largest absolute Gasteiger partial charge is 0.378 e. The zero-order valence-electron chi connectivity index (χ0n) is 19.2. The zero-order chi connectivity index (χ0) is 23.9. The Kier molecular flexibility index (Phi) is 5.57. The lowest BCUT2D eigenvalue weighted by Crippen LogP contribution is -2.41. The van der Waals surface area contributed by atoms with Crippen molar-refractivity contribution in [3.63, 3.8) is 0 Å². The molecule has 0 radical (unpaired) electrons. The van der Waals surface area contributed by atoms with E-state index >= 15 is 0 Å². The monoisotopic (exact) mass is 459 g/mol. The molecule has 1 amide bonds. The van der Waals surface area contributed by atoms with Crippen LogP contribution in [0, 0.1) is 5.82 Å². The number of pyridine rings is 1. The average Bonchev–Trinajstić information content (AvgIpc) is 2.85. The first-order valence-corrected chi connectivity index (χ1v) is 11.3. The second-order valence-electron chi connectivity index (χ2n) is 9.10. The molecule has 3 aromatic carbocycles. The van der Waals surface area contributed by atoms with Crippen LogP contribution >= 0.6 is 0 Å². The normalized spacial score (nSPS) is 14.5. The number of hydrogen-bond donors (Lipinski definition) is 2. The number of H-pyrrole nitrogens is 1. The molecule has 1 aliphatic rings. The van der Waals surface area contributed by atoms with Gasteiger partial charge < -0.3 is 19.9 Å². The van der Waals surface area contributed by atoms with Gasteiger partial charge >= 0.3 is 0 Å². The van der Waals surface area contributed by atoms with Gasteiger partial charge in [0.15, 0.2) is 5.43 Å². The summed E-state index contributed by atoms with van der Waals surface area (Å²) in [6, 6.07) is 17.6. The number of amides is 1. The van der Waals surface area contributed by atoms with Crippen LogP contribution in [0.4, 0.5) is 10.1 Å². The molecular formula is C27H26FN3O3. The molecule has 1 saturated heterocycles. The molecule has 1 aliphatic heterocycles. The van der Waals surface area contributed by atoms with Crippen molar-refractivity contribution in [2.24, 2.45) is 0 Å². The van der Waals surface area contributed by atoms with E-state index < -0.39 is 17.3 Å². The van der Waals surface area contributed by atoms with Gasteiger partial charge in [0.2, 0.25) is 0 Å². The molecule has 1 fully saturated rings. The lowest BCUT2D eigenvalue weighted by atomic mass is 9.93. The SMILES string of the molecule is CC(C)(NC(=O)c1cc2[nH]c3ccccc3c(=O)c2cc1F)c1ccc(N2CCOCC2)cc1. The van der Waals surface area contributed by atoms with E-state index in [0.29, 0.717) is 29.6 Å². The fourth-order valence-electron chi connectivity index (χ4n) is 4.45. The van der Waals surface area contributed by atoms with Gasteiger partial charge in [0.05, 0.1) is 29.8 Å². The van der Waals surface area contributed by atoms with Crippen LogP contribution in [0.5, 0.6) is 0 Å². The number of rotatable bonds is 4. The Bertz CT molecular complexity index is 1440. The fourth-order valence-corrected chi connectivity index (χ4v) is 4.45. The minimum atomic E-state index is -0.737. The van der Waals surface area contributed by atoms with Gasteiger partial charge in [0.1, 0.15) is 5.82 Å². The van der Waals surface area contributed by atoms with Crippen LogP contribution < -0.4 is 15.6 Å². The Morgan fingerprint density at radius 1 is 1.00 bits per heavy atom. The van der Waals surface area contributed by atoms with Gasteiger partial charge in [0.25, 0.3) is 5.91 Å². The third kappa shape index (κ3) is 4.03. The summed E-state index contributed by atoms with van der Waals surface area (Å²) >= 11 is 0. The lowest BCUT2D eigenvalue weighted by molar-refractivity contribution is 0.0908. The summed E-state index contributed by atoms with van der Waals surface area (Å²) in [7, 11) is 0. The summed E-state index contributed by atoms with van der Waals surface area (Å²) in [4.78, 5) is 31.3. The Balaban J connectivity index is 1.42. The summed E-state index contributed by atoms with van der Waals surface area (Å²) in [6.07, 6.45) is 0. The quantitative estimate of drug-likeness (QED) is 0.446. The van der Waals surface area contributed by atoms with E-state index in [1.807, 2.05) is 44.2 Å². The van der Waals surface area contributed by atoms with Gasteiger partial charge in [-0.1, -0.05) is 24.3 Å². The second kappa shape index (κ2) is 8.57. The molecule has 4 aromatic rings.